The van der Waals surface area contributed by atoms with E-state index >= 15 is 0 Å². The van der Waals surface area contributed by atoms with Crippen LogP contribution in [0.5, 0.6) is 0 Å². The zero-order valence-electron chi connectivity index (χ0n) is 12.0. The van der Waals surface area contributed by atoms with Gasteiger partial charge in [-0.15, -0.1) is 10.2 Å². The molecule has 1 amide bonds. The van der Waals surface area contributed by atoms with Crippen molar-refractivity contribution in [3.8, 4) is 11.4 Å². The van der Waals surface area contributed by atoms with Gasteiger partial charge in [0, 0.05) is 16.8 Å². The average molecular weight is 310 g/mol. The molecule has 0 fully saturated rings. The molecule has 116 valence electrons. The molecule has 1 aromatic heterocycles. The summed E-state index contributed by atoms with van der Waals surface area (Å²) in [4.78, 5) is 12.7. The van der Waals surface area contributed by atoms with E-state index in [1.807, 2.05) is 12.1 Å². The Labute approximate surface area is 131 Å². The van der Waals surface area contributed by atoms with E-state index in [0.29, 0.717) is 23.6 Å². The molecule has 2 aromatic carbocycles. The van der Waals surface area contributed by atoms with E-state index in [0.717, 1.165) is 11.1 Å². The first kappa shape index (κ1) is 14.7. The van der Waals surface area contributed by atoms with Crippen molar-refractivity contribution in [1.82, 2.24) is 25.7 Å². The van der Waals surface area contributed by atoms with E-state index in [1.54, 1.807) is 41.9 Å². The number of rotatable bonds is 4. The van der Waals surface area contributed by atoms with E-state index < -0.39 is 5.91 Å². The van der Waals surface area contributed by atoms with Gasteiger partial charge < -0.3 is 5.73 Å². The Balaban J connectivity index is 1.74. The van der Waals surface area contributed by atoms with Crippen LogP contribution in [0.2, 0.25) is 0 Å². The molecular weight excluding hydrogens is 296 g/mol. The van der Waals surface area contributed by atoms with Gasteiger partial charge in [-0.05, 0) is 47.2 Å². The van der Waals surface area contributed by atoms with Crippen molar-refractivity contribution < 1.29 is 10.0 Å². The molecule has 0 saturated carbocycles. The molecule has 0 spiro atoms. The van der Waals surface area contributed by atoms with Crippen LogP contribution in [0.3, 0.4) is 0 Å². The highest BCUT2D eigenvalue weighted by molar-refractivity contribution is 5.93. The van der Waals surface area contributed by atoms with Crippen LogP contribution < -0.4 is 11.2 Å². The van der Waals surface area contributed by atoms with Gasteiger partial charge in [-0.2, -0.15) is 4.80 Å². The number of nitrogens with one attached hydrogen (secondary N) is 1. The second kappa shape index (κ2) is 6.24. The van der Waals surface area contributed by atoms with Crippen molar-refractivity contribution in [2.75, 3.05) is 5.73 Å². The Morgan fingerprint density at radius 2 is 1.83 bits per heavy atom. The molecule has 0 aliphatic rings. The van der Waals surface area contributed by atoms with Gasteiger partial charge in [-0.25, -0.2) is 5.48 Å². The average Bonchev–Trinajstić information content (AvgIpc) is 3.04. The number of anilines is 1. The molecule has 0 bridgehead atoms. The van der Waals surface area contributed by atoms with Crippen molar-refractivity contribution in [1.29, 1.82) is 0 Å². The summed E-state index contributed by atoms with van der Waals surface area (Å²) in [6.07, 6.45) is 0. The first-order valence-corrected chi connectivity index (χ1v) is 6.83. The lowest BCUT2D eigenvalue weighted by molar-refractivity contribution is 0.0706. The van der Waals surface area contributed by atoms with Crippen LogP contribution in [0.4, 0.5) is 5.69 Å². The van der Waals surface area contributed by atoms with Gasteiger partial charge in [0.25, 0.3) is 5.91 Å². The van der Waals surface area contributed by atoms with Gasteiger partial charge in [-0.1, -0.05) is 12.1 Å². The monoisotopic (exact) mass is 310 g/mol. The second-order valence-corrected chi connectivity index (χ2v) is 4.90. The van der Waals surface area contributed by atoms with Crippen LogP contribution in [0.15, 0.2) is 48.5 Å². The summed E-state index contributed by atoms with van der Waals surface area (Å²) in [5, 5.41) is 20.9. The van der Waals surface area contributed by atoms with E-state index in [-0.39, 0.29) is 0 Å². The highest BCUT2D eigenvalue weighted by Gasteiger charge is 2.07. The summed E-state index contributed by atoms with van der Waals surface area (Å²) in [5.74, 6) is -0.0395. The Morgan fingerprint density at radius 1 is 1.13 bits per heavy atom. The van der Waals surface area contributed by atoms with E-state index in [2.05, 4.69) is 15.4 Å². The summed E-state index contributed by atoms with van der Waals surface area (Å²) >= 11 is 0. The normalized spacial score (nSPS) is 10.5. The third-order valence-electron chi connectivity index (χ3n) is 3.26. The Hall–Kier alpha value is -3.26. The molecule has 8 heteroatoms. The first-order chi connectivity index (χ1) is 11.2. The van der Waals surface area contributed by atoms with E-state index in [9.17, 15) is 4.79 Å². The fraction of sp³-hybridized carbons (Fsp3) is 0.0667. The quantitative estimate of drug-likeness (QED) is 0.377. The number of hydrogen-bond donors (Lipinski definition) is 3. The predicted molar refractivity (Wildman–Crippen MR) is 82.5 cm³/mol. The lowest BCUT2D eigenvalue weighted by Crippen LogP contribution is -2.18. The minimum absolute atomic E-state index is 0.366. The smallest absolute Gasteiger partial charge is 0.274 e. The van der Waals surface area contributed by atoms with Gasteiger partial charge in [0.05, 0.1) is 6.54 Å². The molecule has 0 unspecified atom stereocenters. The molecule has 0 saturated heterocycles. The van der Waals surface area contributed by atoms with Crippen molar-refractivity contribution >= 4 is 11.6 Å². The molecular formula is C15H14N6O2. The summed E-state index contributed by atoms with van der Waals surface area (Å²) < 4.78 is 0. The van der Waals surface area contributed by atoms with Crippen LogP contribution in [0.1, 0.15) is 15.9 Å². The number of nitrogens with zero attached hydrogens (tertiary/aromatic N) is 4. The third-order valence-corrected chi connectivity index (χ3v) is 3.26. The van der Waals surface area contributed by atoms with Gasteiger partial charge in [0.15, 0.2) is 0 Å². The maximum absolute atomic E-state index is 11.3. The number of tetrazole rings is 1. The van der Waals surface area contributed by atoms with E-state index in [1.165, 1.54) is 4.80 Å². The number of aromatic nitrogens is 4. The topological polar surface area (TPSA) is 119 Å². The van der Waals surface area contributed by atoms with E-state index in [4.69, 9.17) is 10.9 Å². The Kier molecular flexibility index (Phi) is 3.98. The van der Waals surface area contributed by atoms with Crippen LogP contribution in [-0.4, -0.2) is 31.3 Å². The number of carbonyl (C=O) groups excluding carboxylic acids is 1. The number of hydrogen-bond acceptors (Lipinski definition) is 6. The molecule has 4 N–H and O–H groups in total. The van der Waals surface area contributed by atoms with Crippen LogP contribution in [0.25, 0.3) is 11.4 Å². The Morgan fingerprint density at radius 3 is 2.48 bits per heavy atom. The van der Waals surface area contributed by atoms with Gasteiger partial charge >= 0.3 is 0 Å². The zero-order chi connectivity index (χ0) is 16.2. The number of hydroxylamine groups is 1. The van der Waals surface area contributed by atoms with Crippen LogP contribution in [-0.2, 0) is 6.54 Å². The molecule has 0 radical (unpaired) electrons. The fourth-order valence-corrected chi connectivity index (χ4v) is 2.05. The molecule has 8 nitrogen and oxygen atoms in total. The van der Waals surface area contributed by atoms with Crippen molar-refractivity contribution in [2.45, 2.75) is 6.54 Å². The first-order valence-electron chi connectivity index (χ1n) is 6.83. The van der Waals surface area contributed by atoms with Gasteiger partial charge in [0.2, 0.25) is 5.82 Å². The van der Waals surface area contributed by atoms with Crippen molar-refractivity contribution in [3.63, 3.8) is 0 Å². The predicted octanol–water partition coefficient (Wildman–Crippen LogP) is 1.09. The maximum atomic E-state index is 11.3. The summed E-state index contributed by atoms with van der Waals surface area (Å²) in [6, 6.07) is 14.0. The van der Waals surface area contributed by atoms with Gasteiger partial charge in [-0.3, -0.25) is 10.0 Å². The lowest BCUT2D eigenvalue weighted by Gasteiger charge is -2.02. The molecule has 1 heterocycles. The number of nitrogen functional groups attached to an aromatic ring is 1. The molecule has 23 heavy (non-hydrogen) atoms. The number of amides is 1. The zero-order valence-corrected chi connectivity index (χ0v) is 12.0. The third kappa shape index (κ3) is 3.33. The highest BCUT2D eigenvalue weighted by atomic mass is 16.5. The number of nitrogens with two attached hydrogens (primary N) is 1. The molecule has 0 atom stereocenters. The van der Waals surface area contributed by atoms with Crippen molar-refractivity contribution in [3.05, 3.63) is 59.7 Å². The minimum Gasteiger partial charge on any atom is -0.399 e. The van der Waals surface area contributed by atoms with Crippen molar-refractivity contribution in [2.24, 2.45) is 0 Å². The van der Waals surface area contributed by atoms with Crippen LogP contribution >= 0.6 is 0 Å². The molecule has 0 aliphatic carbocycles. The summed E-state index contributed by atoms with van der Waals surface area (Å²) in [5.41, 5.74) is 10.0. The minimum atomic E-state index is -0.555. The second-order valence-electron chi connectivity index (χ2n) is 4.90. The largest absolute Gasteiger partial charge is 0.399 e. The maximum Gasteiger partial charge on any atom is 0.274 e. The summed E-state index contributed by atoms with van der Waals surface area (Å²) in [7, 11) is 0. The summed E-state index contributed by atoms with van der Waals surface area (Å²) in [6.45, 7) is 0.420. The molecule has 3 rings (SSSR count). The molecule has 0 aliphatic heterocycles. The van der Waals surface area contributed by atoms with Crippen LogP contribution in [0, 0.1) is 0 Å². The fourth-order valence-electron chi connectivity index (χ4n) is 2.05. The molecule has 3 aromatic rings. The Bertz CT molecular complexity index is 811. The SMILES string of the molecule is Nc1ccc(-c2nnn(Cc3ccc(C(=O)NO)cc3)n2)cc1. The number of carbonyl (C=O) groups is 1. The van der Waals surface area contributed by atoms with Gasteiger partial charge in [0.1, 0.15) is 0 Å². The lowest BCUT2D eigenvalue weighted by atomic mass is 10.1. The highest BCUT2D eigenvalue weighted by Crippen LogP contribution is 2.15. The number of benzene rings is 2. The standard InChI is InChI=1S/C15H14N6O2/c16-13-7-5-11(6-8-13)14-17-20-21(18-14)9-10-1-3-12(4-2-10)15(22)19-23/h1-8,23H,9,16H2,(H,19,22).